The second-order valence-corrected chi connectivity index (χ2v) is 5.78. The minimum atomic E-state index is 0.210. The average Bonchev–Trinajstić information content (AvgIpc) is 2.60. The molecule has 1 heterocycles. The third kappa shape index (κ3) is 2.32. The number of hydrogen-bond donors (Lipinski definition) is 1. The van der Waals surface area contributed by atoms with E-state index < -0.39 is 0 Å². The van der Waals surface area contributed by atoms with Crippen LogP contribution in [-0.2, 0) is 6.42 Å². The van der Waals surface area contributed by atoms with Gasteiger partial charge in [0.15, 0.2) is 0 Å². The predicted molar refractivity (Wildman–Crippen MR) is 75.5 cm³/mol. The molecular formula is C16H24N2. The van der Waals surface area contributed by atoms with Crippen LogP contribution in [-0.4, -0.2) is 24.0 Å². The van der Waals surface area contributed by atoms with Crippen LogP contribution in [0.2, 0.25) is 0 Å². The van der Waals surface area contributed by atoms with Crippen LogP contribution in [0.15, 0.2) is 24.3 Å². The Labute approximate surface area is 110 Å². The van der Waals surface area contributed by atoms with Gasteiger partial charge < -0.3 is 5.73 Å². The molecule has 1 aromatic rings. The molecule has 2 N–H and O–H groups in total. The molecule has 0 spiro atoms. The van der Waals surface area contributed by atoms with Gasteiger partial charge in [-0.1, -0.05) is 30.7 Å². The second-order valence-electron chi connectivity index (χ2n) is 5.78. The summed E-state index contributed by atoms with van der Waals surface area (Å²) in [6.07, 6.45) is 7.85. The minimum absolute atomic E-state index is 0.210. The zero-order chi connectivity index (χ0) is 12.4. The van der Waals surface area contributed by atoms with Crippen LogP contribution in [0.1, 0.15) is 49.3 Å². The number of aryl methyl sites for hydroxylation is 1. The van der Waals surface area contributed by atoms with Crippen molar-refractivity contribution in [2.45, 2.75) is 50.6 Å². The van der Waals surface area contributed by atoms with Gasteiger partial charge in [-0.2, -0.15) is 0 Å². The molecule has 0 radical (unpaired) electrons. The van der Waals surface area contributed by atoms with Gasteiger partial charge in [-0.15, -0.1) is 0 Å². The molecular weight excluding hydrogens is 220 g/mol. The highest BCUT2D eigenvalue weighted by atomic mass is 15.2. The maximum absolute atomic E-state index is 6.58. The molecule has 0 saturated carbocycles. The number of fused-ring (bicyclic) bond motifs is 1. The van der Waals surface area contributed by atoms with Gasteiger partial charge in [0.25, 0.3) is 0 Å². The van der Waals surface area contributed by atoms with Crippen LogP contribution in [0, 0.1) is 0 Å². The van der Waals surface area contributed by atoms with Gasteiger partial charge in [0, 0.05) is 12.1 Å². The van der Waals surface area contributed by atoms with E-state index in [4.69, 9.17) is 5.73 Å². The van der Waals surface area contributed by atoms with Crippen molar-refractivity contribution in [3.05, 3.63) is 35.4 Å². The number of likely N-dealkylation sites (tertiary alicyclic amines) is 1. The molecule has 0 bridgehead atoms. The van der Waals surface area contributed by atoms with Crippen LogP contribution in [0.5, 0.6) is 0 Å². The first-order chi connectivity index (χ1) is 8.86. The van der Waals surface area contributed by atoms with Gasteiger partial charge in [-0.3, -0.25) is 4.90 Å². The van der Waals surface area contributed by atoms with Gasteiger partial charge in [0.05, 0.1) is 0 Å². The minimum Gasteiger partial charge on any atom is -0.323 e. The molecule has 18 heavy (non-hydrogen) atoms. The van der Waals surface area contributed by atoms with Crippen LogP contribution >= 0.6 is 0 Å². The van der Waals surface area contributed by atoms with Crippen LogP contribution < -0.4 is 5.73 Å². The van der Waals surface area contributed by atoms with Crippen LogP contribution in [0.4, 0.5) is 0 Å². The van der Waals surface area contributed by atoms with E-state index in [1.807, 2.05) is 0 Å². The fourth-order valence-electron chi connectivity index (χ4n) is 3.64. The highest BCUT2D eigenvalue weighted by Gasteiger charge is 2.29. The summed E-state index contributed by atoms with van der Waals surface area (Å²) in [5.41, 5.74) is 9.45. The summed E-state index contributed by atoms with van der Waals surface area (Å²) >= 11 is 0. The Morgan fingerprint density at radius 1 is 1.00 bits per heavy atom. The molecule has 3 rings (SSSR count). The largest absolute Gasteiger partial charge is 0.323 e. The van der Waals surface area contributed by atoms with E-state index in [0.717, 1.165) is 0 Å². The van der Waals surface area contributed by atoms with Gasteiger partial charge in [0.2, 0.25) is 0 Å². The molecule has 1 aliphatic carbocycles. The molecule has 1 aromatic carbocycles. The van der Waals surface area contributed by atoms with E-state index in [1.165, 1.54) is 62.7 Å². The SMILES string of the molecule is NC1c2ccccc2CCCC1N1CCCCC1. The molecule has 2 aliphatic rings. The standard InChI is InChI=1S/C16H24N2/c17-16-14-9-3-2-7-13(14)8-6-10-15(16)18-11-4-1-5-12-18/h2-3,7,9,15-16H,1,4-6,8,10-12,17H2. The highest BCUT2D eigenvalue weighted by Crippen LogP contribution is 2.31. The van der Waals surface area contributed by atoms with E-state index in [9.17, 15) is 0 Å². The smallest absolute Gasteiger partial charge is 0.0455 e. The van der Waals surface area contributed by atoms with Gasteiger partial charge in [-0.25, -0.2) is 0 Å². The Hall–Kier alpha value is -0.860. The summed E-state index contributed by atoms with van der Waals surface area (Å²) in [5, 5.41) is 0. The lowest BCUT2D eigenvalue weighted by atomic mass is 9.94. The van der Waals surface area contributed by atoms with Crippen LogP contribution in [0.25, 0.3) is 0 Å². The molecule has 1 saturated heterocycles. The first-order valence-corrected chi connectivity index (χ1v) is 7.44. The first-order valence-electron chi connectivity index (χ1n) is 7.44. The quantitative estimate of drug-likeness (QED) is 0.770. The van der Waals surface area contributed by atoms with E-state index in [-0.39, 0.29) is 6.04 Å². The summed E-state index contributed by atoms with van der Waals surface area (Å²) < 4.78 is 0. The van der Waals surface area contributed by atoms with E-state index >= 15 is 0 Å². The fraction of sp³-hybridized carbons (Fsp3) is 0.625. The van der Waals surface area contributed by atoms with Crippen molar-refractivity contribution < 1.29 is 0 Å². The van der Waals surface area contributed by atoms with Crippen molar-refractivity contribution >= 4 is 0 Å². The molecule has 1 aliphatic heterocycles. The molecule has 98 valence electrons. The normalized spacial score (nSPS) is 29.6. The Morgan fingerprint density at radius 3 is 2.61 bits per heavy atom. The fourth-order valence-corrected chi connectivity index (χ4v) is 3.64. The number of rotatable bonds is 1. The van der Waals surface area contributed by atoms with Crippen molar-refractivity contribution in [1.29, 1.82) is 0 Å². The lowest BCUT2D eigenvalue weighted by Crippen LogP contribution is -2.45. The first kappa shape index (κ1) is 12.2. The third-order valence-corrected chi connectivity index (χ3v) is 4.63. The zero-order valence-corrected chi connectivity index (χ0v) is 11.1. The molecule has 2 unspecified atom stereocenters. The molecule has 2 nitrogen and oxygen atoms in total. The summed E-state index contributed by atoms with van der Waals surface area (Å²) in [6, 6.07) is 9.55. The van der Waals surface area contributed by atoms with Crippen molar-refractivity contribution in [3.8, 4) is 0 Å². The van der Waals surface area contributed by atoms with E-state index in [0.29, 0.717) is 6.04 Å². The number of piperidine rings is 1. The molecule has 0 amide bonds. The summed E-state index contributed by atoms with van der Waals surface area (Å²) in [4.78, 5) is 2.65. The average molecular weight is 244 g/mol. The maximum atomic E-state index is 6.58. The molecule has 2 heteroatoms. The van der Waals surface area contributed by atoms with Crippen molar-refractivity contribution in [1.82, 2.24) is 4.90 Å². The lowest BCUT2D eigenvalue weighted by Gasteiger charge is -2.37. The van der Waals surface area contributed by atoms with Crippen molar-refractivity contribution in [3.63, 3.8) is 0 Å². The van der Waals surface area contributed by atoms with E-state index in [2.05, 4.69) is 29.2 Å². The Balaban J connectivity index is 1.84. The molecule has 0 aromatic heterocycles. The van der Waals surface area contributed by atoms with Gasteiger partial charge in [0.1, 0.15) is 0 Å². The van der Waals surface area contributed by atoms with Gasteiger partial charge in [-0.05, 0) is 56.3 Å². The Kier molecular flexibility index (Phi) is 3.67. The summed E-state index contributed by atoms with van der Waals surface area (Å²) in [6.45, 7) is 2.50. The number of hydrogen-bond acceptors (Lipinski definition) is 2. The van der Waals surface area contributed by atoms with Crippen LogP contribution in [0.3, 0.4) is 0 Å². The number of nitrogens with two attached hydrogens (primary N) is 1. The summed E-state index contributed by atoms with van der Waals surface area (Å²) in [5.74, 6) is 0. The monoisotopic (exact) mass is 244 g/mol. The number of benzene rings is 1. The van der Waals surface area contributed by atoms with Crippen molar-refractivity contribution in [2.24, 2.45) is 5.73 Å². The predicted octanol–water partition coefficient (Wildman–Crippen LogP) is 2.88. The third-order valence-electron chi connectivity index (χ3n) is 4.63. The van der Waals surface area contributed by atoms with Crippen molar-refractivity contribution in [2.75, 3.05) is 13.1 Å². The second kappa shape index (κ2) is 5.41. The zero-order valence-electron chi connectivity index (χ0n) is 11.1. The maximum Gasteiger partial charge on any atom is 0.0455 e. The Bertz CT molecular complexity index is 396. The lowest BCUT2D eigenvalue weighted by molar-refractivity contribution is 0.135. The highest BCUT2D eigenvalue weighted by molar-refractivity contribution is 5.32. The van der Waals surface area contributed by atoms with E-state index in [1.54, 1.807) is 0 Å². The topological polar surface area (TPSA) is 29.3 Å². The van der Waals surface area contributed by atoms with Gasteiger partial charge >= 0.3 is 0 Å². The summed E-state index contributed by atoms with van der Waals surface area (Å²) in [7, 11) is 0. The Morgan fingerprint density at radius 2 is 1.78 bits per heavy atom. The molecule has 1 fully saturated rings. The number of nitrogens with zero attached hydrogens (tertiary/aromatic N) is 1. The molecule has 2 atom stereocenters.